The van der Waals surface area contributed by atoms with Gasteiger partial charge in [0.05, 0.1) is 37.4 Å². The van der Waals surface area contributed by atoms with E-state index in [1.165, 1.54) is 6.07 Å². The standard InChI is InChI=1S/C38H40N2O8/c1-45-30-10-3-7-26(18-30)39-16-6-9-28(39)23-47-37-15-14-32(38(44)34(37)22-42)25-17-29(24-48-36-13-5-12-35(43)33(36)21-41)40(20-25)27-8-4-11-31(19-27)46-2/h3-5,7-8,10-15,18-19,21-22,25,28-29,43-44H,6,9,16-17,20,23-24H2,1-2H3/t25?,28-,29-/m0/s1. The van der Waals surface area contributed by atoms with Crippen molar-refractivity contribution in [1.82, 2.24) is 0 Å². The Morgan fingerprint density at radius 1 is 0.750 bits per heavy atom. The van der Waals surface area contributed by atoms with E-state index >= 15 is 0 Å². The van der Waals surface area contributed by atoms with Crippen molar-refractivity contribution in [2.75, 3.05) is 50.3 Å². The first kappa shape index (κ1) is 32.6. The van der Waals surface area contributed by atoms with Crippen molar-refractivity contribution in [1.29, 1.82) is 0 Å². The topological polar surface area (TPSA) is 118 Å². The van der Waals surface area contributed by atoms with Crippen LogP contribution < -0.4 is 28.7 Å². The van der Waals surface area contributed by atoms with Crippen molar-refractivity contribution in [2.24, 2.45) is 0 Å². The van der Waals surface area contributed by atoms with E-state index < -0.39 is 0 Å². The zero-order chi connectivity index (χ0) is 33.6. The first-order chi connectivity index (χ1) is 23.4. The molecule has 2 N–H and O–H groups in total. The number of phenols is 2. The van der Waals surface area contributed by atoms with Crippen LogP contribution in [0.1, 0.15) is 51.5 Å². The number of hydrogen-bond acceptors (Lipinski definition) is 10. The minimum Gasteiger partial charge on any atom is -0.507 e. The van der Waals surface area contributed by atoms with Gasteiger partial charge in [0, 0.05) is 42.5 Å². The minimum atomic E-state index is -0.163. The predicted molar refractivity (Wildman–Crippen MR) is 183 cm³/mol. The van der Waals surface area contributed by atoms with Crippen LogP contribution in [0, 0.1) is 0 Å². The number of ether oxygens (including phenoxy) is 4. The molecular weight excluding hydrogens is 612 g/mol. The SMILES string of the molecule is COc1cccc(N2CCC[C@H]2COc2ccc(C3C[C@@H](COc4cccc(O)c4C=O)N(c4cccc(OC)c4)C3)c(O)c2C=O)c1. The van der Waals surface area contributed by atoms with Crippen molar-refractivity contribution < 1.29 is 38.7 Å². The number of anilines is 2. The lowest BCUT2D eigenvalue weighted by atomic mass is 9.93. The summed E-state index contributed by atoms with van der Waals surface area (Å²) in [5.41, 5.74) is 2.82. The molecule has 2 heterocycles. The lowest BCUT2D eigenvalue weighted by Crippen LogP contribution is -2.34. The van der Waals surface area contributed by atoms with Gasteiger partial charge < -0.3 is 39.0 Å². The highest BCUT2D eigenvalue weighted by molar-refractivity contribution is 5.85. The molecule has 4 aromatic carbocycles. The van der Waals surface area contributed by atoms with Crippen LogP contribution >= 0.6 is 0 Å². The smallest absolute Gasteiger partial charge is 0.157 e. The van der Waals surface area contributed by atoms with Crippen LogP contribution in [0.25, 0.3) is 0 Å². The summed E-state index contributed by atoms with van der Waals surface area (Å²) in [7, 11) is 3.26. The van der Waals surface area contributed by atoms with Gasteiger partial charge in [-0.3, -0.25) is 9.59 Å². The number of methoxy groups -OCH3 is 2. The van der Waals surface area contributed by atoms with Crippen LogP contribution in [0.2, 0.25) is 0 Å². The average Bonchev–Trinajstić information content (AvgIpc) is 3.77. The number of benzene rings is 4. The van der Waals surface area contributed by atoms with Crippen LogP contribution in [0.4, 0.5) is 11.4 Å². The maximum atomic E-state index is 12.4. The van der Waals surface area contributed by atoms with Gasteiger partial charge in [0.2, 0.25) is 0 Å². The lowest BCUT2D eigenvalue weighted by molar-refractivity contribution is 0.110. The minimum absolute atomic E-state index is 0.0908. The molecule has 2 fully saturated rings. The average molecular weight is 653 g/mol. The highest BCUT2D eigenvalue weighted by Gasteiger charge is 2.36. The molecule has 2 aliphatic heterocycles. The molecule has 1 unspecified atom stereocenters. The van der Waals surface area contributed by atoms with E-state index in [4.69, 9.17) is 18.9 Å². The van der Waals surface area contributed by atoms with Crippen LogP contribution in [0.15, 0.2) is 78.9 Å². The maximum Gasteiger partial charge on any atom is 0.157 e. The number of aldehydes is 2. The number of aromatic hydroxyl groups is 2. The highest BCUT2D eigenvalue weighted by atomic mass is 16.5. The van der Waals surface area contributed by atoms with Crippen molar-refractivity contribution >= 4 is 23.9 Å². The second-order valence-electron chi connectivity index (χ2n) is 12.1. The molecular formula is C38H40N2O8. The number of rotatable bonds is 13. The van der Waals surface area contributed by atoms with Gasteiger partial charge in [0.1, 0.15) is 47.7 Å². The molecule has 48 heavy (non-hydrogen) atoms. The van der Waals surface area contributed by atoms with E-state index in [0.717, 1.165) is 36.5 Å². The molecule has 250 valence electrons. The van der Waals surface area contributed by atoms with Crippen molar-refractivity contribution in [2.45, 2.75) is 37.3 Å². The Balaban J connectivity index is 1.22. The van der Waals surface area contributed by atoms with Crippen LogP contribution in [-0.2, 0) is 0 Å². The highest BCUT2D eigenvalue weighted by Crippen LogP contribution is 2.43. The van der Waals surface area contributed by atoms with E-state index in [-0.39, 0.29) is 47.2 Å². The van der Waals surface area contributed by atoms with Gasteiger partial charge in [-0.2, -0.15) is 0 Å². The first-order valence-electron chi connectivity index (χ1n) is 16.1. The van der Waals surface area contributed by atoms with Crippen molar-refractivity contribution in [3.8, 4) is 34.5 Å². The van der Waals surface area contributed by atoms with Crippen LogP contribution in [0.3, 0.4) is 0 Å². The van der Waals surface area contributed by atoms with Gasteiger partial charge in [-0.1, -0.05) is 24.3 Å². The summed E-state index contributed by atoms with van der Waals surface area (Å²) in [6, 6.07) is 23.9. The van der Waals surface area contributed by atoms with E-state index in [0.29, 0.717) is 55.0 Å². The third kappa shape index (κ3) is 6.69. The largest absolute Gasteiger partial charge is 0.507 e. The Morgan fingerprint density at radius 3 is 2.04 bits per heavy atom. The molecule has 2 aliphatic rings. The Bertz CT molecular complexity index is 1760. The fourth-order valence-corrected chi connectivity index (χ4v) is 6.87. The molecule has 0 spiro atoms. The third-order valence-corrected chi connectivity index (χ3v) is 9.35. The van der Waals surface area contributed by atoms with Crippen LogP contribution in [0.5, 0.6) is 34.5 Å². The lowest BCUT2D eigenvalue weighted by Gasteiger charge is -2.27. The fraction of sp³-hybridized carbons (Fsp3) is 0.316. The molecule has 10 nitrogen and oxygen atoms in total. The summed E-state index contributed by atoms with van der Waals surface area (Å²) in [4.78, 5) is 28.5. The molecule has 4 aromatic rings. The van der Waals surface area contributed by atoms with Gasteiger partial charge in [0.15, 0.2) is 12.6 Å². The molecule has 2 saturated heterocycles. The fourth-order valence-electron chi connectivity index (χ4n) is 6.87. The quantitative estimate of drug-likeness (QED) is 0.161. The first-order valence-corrected chi connectivity index (χ1v) is 16.1. The van der Waals surface area contributed by atoms with Crippen molar-refractivity contribution in [3.05, 3.63) is 95.6 Å². The molecule has 0 amide bonds. The number of phenolic OH excluding ortho intramolecular Hbond substituents is 2. The number of nitrogens with zero attached hydrogens (tertiary/aromatic N) is 2. The Labute approximate surface area is 280 Å². The maximum absolute atomic E-state index is 12.4. The van der Waals surface area contributed by atoms with Gasteiger partial charge >= 0.3 is 0 Å². The Morgan fingerprint density at radius 2 is 1.38 bits per heavy atom. The molecule has 0 saturated carbocycles. The summed E-state index contributed by atoms with van der Waals surface area (Å²) < 4.78 is 23.2. The molecule has 0 aromatic heterocycles. The number of carbonyl (C=O) groups is 2. The van der Waals surface area contributed by atoms with Gasteiger partial charge in [-0.25, -0.2) is 0 Å². The van der Waals surface area contributed by atoms with E-state index in [2.05, 4.69) is 15.9 Å². The van der Waals surface area contributed by atoms with Gasteiger partial charge in [-0.05, 0) is 67.3 Å². The van der Waals surface area contributed by atoms with Crippen molar-refractivity contribution in [3.63, 3.8) is 0 Å². The third-order valence-electron chi connectivity index (χ3n) is 9.35. The summed E-state index contributed by atoms with van der Waals surface area (Å²) in [5.74, 6) is 1.74. The summed E-state index contributed by atoms with van der Waals surface area (Å²) in [6.07, 6.45) is 3.79. The van der Waals surface area contributed by atoms with E-state index in [9.17, 15) is 19.8 Å². The predicted octanol–water partition coefficient (Wildman–Crippen LogP) is 6.23. The van der Waals surface area contributed by atoms with Gasteiger partial charge in [-0.15, -0.1) is 0 Å². The summed E-state index contributed by atoms with van der Waals surface area (Å²) in [6.45, 7) is 2.00. The Hall–Kier alpha value is -5.38. The second kappa shape index (κ2) is 14.6. The zero-order valence-electron chi connectivity index (χ0n) is 27.1. The molecule has 6 rings (SSSR count). The Kier molecular flexibility index (Phi) is 9.89. The molecule has 10 heteroatoms. The molecule has 0 bridgehead atoms. The van der Waals surface area contributed by atoms with E-state index in [1.54, 1.807) is 32.4 Å². The number of carbonyl (C=O) groups excluding carboxylic acids is 2. The number of hydrogen-bond donors (Lipinski definition) is 2. The monoisotopic (exact) mass is 652 g/mol. The van der Waals surface area contributed by atoms with Crippen LogP contribution in [-0.4, -0.2) is 75.4 Å². The van der Waals surface area contributed by atoms with E-state index in [1.807, 2.05) is 48.5 Å². The second-order valence-corrected chi connectivity index (χ2v) is 12.1. The molecule has 0 radical (unpaired) electrons. The summed E-state index contributed by atoms with van der Waals surface area (Å²) >= 11 is 0. The molecule has 3 atom stereocenters. The normalized spacial score (nSPS) is 18.8. The van der Waals surface area contributed by atoms with Gasteiger partial charge in [0.25, 0.3) is 0 Å². The summed E-state index contributed by atoms with van der Waals surface area (Å²) in [5, 5.41) is 21.6. The molecule has 0 aliphatic carbocycles. The zero-order valence-corrected chi connectivity index (χ0v) is 27.1.